The molecule has 0 saturated carbocycles. The summed E-state index contributed by atoms with van der Waals surface area (Å²) in [6.45, 7) is 0. The number of rotatable bonds is 9. The van der Waals surface area contributed by atoms with Crippen LogP contribution in [0, 0.1) is 0 Å². The Morgan fingerprint density at radius 2 is 1.56 bits per heavy atom. The molecule has 0 heterocycles. The molecule has 2 aromatic rings. The highest BCUT2D eigenvalue weighted by Gasteiger charge is 2.23. The second-order valence-electron chi connectivity index (χ2n) is 5.92. The molecule has 2 aromatic carbocycles. The molecule has 7 heteroatoms. The van der Waals surface area contributed by atoms with Crippen molar-refractivity contribution in [2.24, 2.45) is 0 Å². The summed E-state index contributed by atoms with van der Waals surface area (Å²) >= 11 is 1.34. The predicted molar refractivity (Wildman–Crippen MR) is 106 cm³/mol. The third kappa shape index (κ3) is 6.45. The molecule has 0 fully saturated rings. The quantitative estimate of drug-likeness (QED) is 0.615. The summed E-state index contributed by atoms with van der Waals surface area (Å²) in [6.07, 6.45) is 1.72. The number of thioether (sulfide) groups is 1. The van der Waals surface area contributed by atoms with Crippen LogP contribution in [0.2, 0.25) is 0 Å². The van der Waals surface area contributed by atoms with Crippen LogP contribution in [0.4, 0.5) is 0 Å². The molecule has 0 saturated heterocycles. The van der Waals surface area contributed by atoms with Crippen LogP contribution < -0.4 is 10.6 Å². The normalized spacial score (nSPS) is 12.6. The third-order valence-electron chi connectivity index (χ3n) is 3.90. The van der Waals surface area contributed by atoms with Gasteiger partial charge in [-0.25, -0.2) is 4.79 Å². The topological polar surface area (TPSA) is 95.5 Å². The van der Waals surface area contributed by atoms with Crippen LogP contribution in [0.5, 0.6) is 0 Å². The fourth-order valence-corrected chi connectivity index (χ4v) is 3.11. The Kier molecular flexibility index (Phi) is 7.88. The van der Waals surface area contributed by atoms with Crippen molar-refractivity contribution in [1.82, 2.24) is 10.6 Å². The molecule has 0 spiro atoms. The number of hydrogen-bond donors (Lipinski definition) is 3. The zero-order chi connectivity index (χ0) is 19.6. The first kappa shape index (κ1) is 20.5. The summed E-state index contributed by atoms with van der Waals surface area (Å²) in [4.78, 5) is 36.1. The Labute approximate surface area is 162 Å². The van der Waals surface area contributed by atoms with Crippen LogP contribution in [-0.4, -0.2) is 40.9 Å². The van der Waals surface area contributed by atoms with Gasteiger partial charge in [0.25, 0.3) is 5.91 Å². The molecule has 0 aromatic heterocycles. The average molecular weight is 386 g/mol. The van der Waals surface area contributed by atoms with Gasteiger partial charge in [0.2, 0.25) is 5.91 Å². The van der Waals surface area contributed by atoms with Crippen molar-refractivity contribution in [2.75, 3.05) is 12.0 Å². The van der Waals surface area contributed by atoms with E-state index in [1.807, 2.05) is 36.4 Å². The minimum absolute atomic E-state index is 0.0548. The maximum absolute atomic E-state index is 12.5. The highest BCUT2D eigenvalue weighted by molar-refractivity contribution is 7.98. The van der Waals surface area contributed by atoms with E-state index in [-0.39, 0.29) is 18.1 Å². The van der Waals surface area contributed by atoms with Gasteiger partial charge in [0.1, 0.15) is 6.04 Å². The largest absolute Gasteiger partial charge is 0.480 e. The van der Waals surface area contributed by atoms with E-state index in [0.717, 1.165) is 5.56 Å². The Hall–Kier alpha value is -2.80. The van der Waals surface area contributed by atoms with E-state index in [9.17, 15) is 19.5 Å². The number of hydrogen-bond acceptors (Lipinski definition) is 4. The van der Waals surface area contributed by atoms with E-state index in [1.54, 1.807) is 30.5 Å². The molecule has 27 heavy (non-hydrogen) atoms. The monoisotopic (exact) mass is 386 g/mol. The number of aliphatic carboxylic acids is 1. The summed E-state index contributed by atoms with van der Waals surface area (Å²) in [5.41, 5.74) is 1.26. The van der Waals surface area contributed by atoms with Gasteiger partial charge in [-0.2, -0.15) is 11.8 Å². The maximum Gasteiger partial charge on any atom is 0.327 e. The first-order valence-electron chi connectivity index (χ1n) is 8.43. The van der Waals surface area contributed by atoms with Gasteiger partial charge in [-0.3, -0.25) is 9.59 Å². The van der Waals surface area contributed by atoms with E-state index >= 15 is 0 Å². The van der Waals surface area contributed by atoms with Gasteiger partial charge in [-0.05, 0) is 24.0 Å². The second-order valence-corrected chi connectivity index (χ2v) is 6.83. The van der Waals surface area contributed by atoms with Gasteiger partial charge in [0.15, 0.2) is 0 Å². The Balaban J connectivity index is 2.12. The highest BCUT2D eigenvalue weighted by Crippen LogP contribution is 2.18. The van der Waals surface area contributed by atoms with Crippen molar-refractivity contribution in [2.45, 2.75) is 18.5 Å². The predicted octanol–water partition coefficient (Wildman–Crippen LogP) is 2.48. The standard InChI is InChI=1S/C20H22N2O4S/c1-27-13-17(20(25)26)21-18(23)12-16(14-8-4-2-5-9-14)22-19(24)15-10-6-3-7-11-15/h2-11,16-17H,12-13H2,1H3,(H,21,23)(H,22,24)(H,25,26)/t16-,17+/m1/s1. The van der Waals surface area contributed by atoms with E-state index in [4.69, 9.17) is 0 Å². The lowest BCUT2D eigenvalue weighted by molar-refractivity contribution is -0.141. The lowest BCUT2D eigenvalue weighted by Gasteiger charge is -2.20. The van der Waals surface area contributed by atoms with Crippen LogP contribution in [0.15, 0.2) is 60.7 Å². The fraction of sp³-hybridized carbons (Fsp3) is 0.250. The first-order chi connectivity index (χ1) is 13.0. The first-order valence-corrected chi connectivity index (χ1v) is 9.82. The Bertz CT molecular complexity index is 768. The molecule has 2 amide bonds. The molecule has 0 aliphatic carbocycles. The lowest BCUT2D eigenvalue weighted by atomic mass is 10.0. The number of nitrogens with one attached hydrogen (secondary N) is 2. The number of carboxylic acids is 1. The average Bonchev–Trinajstić information content (AvgIpc) is 2.68. The van der Waals surface area contributed by atoms with E-state index < -0.39 is 24.0 Å². The molecule has 0 bridgehead atoms. The van der Waals surface area contributed by atoms with Crippen molar-refractivity contribution in [3.63, 3.8) is 0 Å². The molecule has 3 N–H and O–H groups in total. The highest BCUT2D eigenvalue weighted by atomic mass is 32.2. The van der Waals surface area contributed by atoms with Gasteiger partial charge in [-0.1, -0.05) is 48.5 Å². The van der Waals surface area contributed by atoms with Crippen molar-refractivity contribution in [3.8, 4) is 0 Å². The van der Waals surface area contributed by atoms with Crippen molar-refractivity contribution in [1.29, 1.82) is 0 Å². The van der Waals surface area contributed by atoms with Crippen LogP contribution in [-0.2, 0) is 9.59 Å². The van der Waals surface area contributed by atoms with Crippen LogP contribution in [0.3, 0.4) is 0 Å². The van der Waals surface area contributed by atoms with Gasteiger partial charge >= 0.3 is 5.97 Å². The summed E-state index contributed by atoms with van der Waals surface area (Å²) in [5.74, 6) is -1.54. The number of carbonyl (C=O) groups excluding carboxylic acids is 2. The summed E-state index contributed by atoms with van der Waals surface area (Å²) in [6, 6.07) is 16.3. The van der Waals surface area contributed by atoms with Gasteiger partial charge in [0.05, 0.1) is 12.5 Å². The molecule has 0 radical (unpaired) electrons. The molecule has 2 atom stereocenters. The number of carbonyl (C=O) groups is 3. The molecule has 142 valence electrons. The van der Waals surface area contributed by atoms with Gasteiger partial charge in [-0.15, -0.1) is 0 Å². The molecule has 0 unspecified atom stereocenters. The Morgan fingerprint density at radius 3 is 2.11 bits per heavy atom. The lowest BCUT2D eigenvalue weighted by Crippen LogP contribution is -2.44. The van der Waals surface area contributed by atoms with Crippen LogP contribution in [0.1, 0.15) is 28.4 Å². The SMILES string of the molecule is CSC[C@H](NC(=O)C[C@@H](NC(=O)c1ccccc1)c1ccccc1)C(=O)O. The van der Waals surface area contributed by atoms with Crippen molar-refractivity contribution >= 4 is 29.5 Å². The molecule has 0 aliphatic heterocycles. The molecular formula is C20H22N2O4S. The fourth-order valence-electron chi connectivity index (χ4n) is 2.55. The number of carboxylic acid groups (broad SMARTS) is 1. The minimum atomic E-state index is -1.08. The zero-order valence-electron chi connectivity index (χ0n) is 14.9. The van der Waals surface area contributed by atoms with Crippen molar-refractivity contribution < 1.29 is 19.5 Å². The molecule has 6 nitrogen and oxygen atoms in total. The van der Waals surface area contributed by atoms with Crippen LogP contribution >= 0.6 is 11.8 Å². The minimum Gasteiger partial charge on any atom is -0.480 e. The summed E-state index contributed by atoms with van der Waals surface area (Å²) < 4.78 is 0. The summed E-state index contributed by atoms with van der Waals surface area (Å²) in [7, 11) is 0. The van der Waals surface area contributed by atoms with Gasteiger partial charge < -0.3 is 15.7 Å². The molecular weight excluding hydrogens is 364 g/mol. The molecule has 2 rings (SSSR count). The van der Waals surface area contributed by atoms with E-state index in [2.05, 4.69) is 10.6 Å². The summed E-state index contributed by atoms with van der Waals surface area (Å²) in [5, 5.41) is 14.6. The Morgan fingerprint density at radius 1 is 0.963 bits per heavy atom. The number of benzene rings is 2. The van der Waals surface area contributed by atoms with Crippen molar-refractivity contribution in [3.05, 3.63) is 71.8 Å². The van der Waals surface area contributed by atoms with E-state index in [0.29, 0.717) is 5.56 Å². The molecule has 0 aliphatic rings. The maximum atomic E-state index is 12.5. The number of amides is 2. The van der Waals surface area contributed by atoms with Gasteiger partial charge in [0, 0.05) is 11.3 Å². The zero-order valence-corrected chi connectivity index (χ0v) is 15.7. The second kappa shape index (κ2) is 10.4. The van der Waals surface area contributed by atoms with Crippen LogP contribution in [0.25, 0.3) is 0 Å². The van der Waals surface area contributed by atoms with E-state index in [1.165, 1.54) is 11.8 Å². The smallest absolute Gasteiger partial charge is 0.327 e. The third-order valence-corrected chi connectivity index (χ3v) is 4.57.